The van der Waals surface area contributed by atoms with Crippen LogP contribution in [0.4, 0.5) is 11.4 Å². The summed E-state index contributed by atoms with van der Waals surface area (Å²) in [6.07, 6.45) is 1.13. The average molecular weight is 363 g/mol. The number of anilines is 1. The summed E-state index contributed by atoms with van der Waals surface area (Å²) in [5.41, 5.74) is 1.49. The highest BCUT2D eigenvalue weighted by atomic mass is 32.2. The molecular formula is C17H21N3O4S. The van der Waals surface area contributed by atoms with Gasteiger partial charge in [0.15, 0.2) is 0 Å². The van der Waals surface area contributed by atoms with Crippen molar-refractivity contribution in [1.82, 2.24) is 4.90 Å². The summed E-state index contributed by atoms with van der Waals surface area (Å²) in [7, 11) is -1.56. The van der Waals surface area contributed by atoms with Gasteiger partial charge in [-0.3, -0.25) is 14.4 Å². The van der Waals surface area contributed by atoms with Crippen molar-refractivity contribution in [1.29, 1.82) is 0 Å². The molecule has 0 saturated carbocycles. The molecule has 0 fully saturated rings. The van der Waals surface area contributed by atoms with E-state index in [1.165, 1.54) is 28.6 Å². The van der Waals surface area contributed by atoms with Crippen LogP contribution in [0.5, 0.6) is 0 Å². The van der Waals surface area contributed by atoms with E-state index in [1.54, 1.807) is 0 Å². The molecular weight excluding hydrogens is 342 g/mol. The maximum Gasteiger partial charge on any atom is 0.269 e. The normalized spacial score (nSPS) is 11.5. The van der Waals surface area contributed by atoms with Gasteiger partial charge in [0.05, 0.1) is 16.9 Å². The predicted molar refractivity (Wildman–Crippen MR) is 98.1 cm³/mol. The van der Waals surface area contributed by atoms with Crippen molar-refractivity contribution in [3.63, 3.8) is 0 Å². The highest BCUT2D eigenvalue weighted by Gasteiger charge is 2.19. The second-order valence-corrected chi connectivity index (χ2v) is 7.74. The second kappa shape index (κ2) is 8.09. The number of sulfonamides is 1. The van der Waals surface area contributed by atoms with Crippen molar-refractivity contribution >= 4 is 21.4 Å². The van der Waals surface area contributed by atoms with Crippen LogP contribution in [-0.4, -0.2) is 44.6 Å². The first-order chi connectivity index (χ1) is 11.8. The van der Waals surface area contributed by atoms with Crippen LogP contribution in [0, 0.1) is 10.1 Å². The molecule has 0 heterocycles. The third-order valence-corrected chi connectivity index (χ3v) is 4.92. The van der Waals surface area contributed by atoms with E-state index in [1.807, 2.05) is 42.3 Å². The number of benzene rings is 2. The zero-order valence-electron chi connectivity index (χ0n) is 14.2. The average Bonchev–Trinajstić information content (AvgIpc) is 2.55. The molecule has 0 radical (unpaired) electrons. The Bertz CT molecular complexity index is 808. The fourth-order valence-electron chi connectivity index (χ4n) is 2.46. The van der Waals surface area contributed by atoms with Crippen LogP contribution in [-0.2, 0) is 16.6 Å². The monoisotopic (exact) mass is 363 g/mol. The van der Waals surface area contributed by atoms with E-state index >= 15 is 0 Å². The van der Waals surface area contributed by atoms with Gasteiger partial charge in [0.1, 0.15) is 0 Å². The summed E-state index contributed by atoms with van der Waals surface area (Å²) in [6.45, 7) is 1.50. The number of nitrogens with zero attached hydrogens (tertiary/aromatic N) is 3. The van der Waals surface area contributed by atoms with E-state index in [4.69, 9.17) is 0 Å². The summed E-state index contributed by atoms with van der Waals surface area (Å²) in [4.78, 5) is 12.2. The van der Waals surface area contributed by atoms with Crippen molar-refractivity contribution in [3.05, 3.63) is 70.3 Å². The minimum Gasteiger partial charge on any atom is -0.300 e. The third kappa shape index (κ3) is 5.54. The Hall–Kier alpha value is -2.45. The maximum atomic E-state index is 12.1. The van der Waals surface area contributed by atoms with Gasteiger partial charge in [-0.15, -0.1) is 0 Å². The lowest BCUT2D eigenvalue weighted by Gasteiger charge is -2.25. The molecule has 8 heteroatoms. The van der Waals surface area contributed by atoms with Gasteiger partial charge in [0.2, 0.25) is 10.0 Å². The van der Waals surface area contributed by atoms with E-state index < -0.39 is 14.9 Å². The first kappa shape index (κ1) is 18.9. The quantitative estimate of drug-likeness (QED) is 0.531. The fourth-order valence-corrected chi connectivity index (χ4v) is 3.38. The molecule has 0 spiro atoms. The Balaban J connectivity index is 2.07. The van der Waals surface area contributed by atoms with E-state index in [0.29, 0.717) is 18.8 Å². The van der Waals surface area contributed by atoms with Crippen molar-refractivity contribution < 1.29 is 13.3 Å². The van der Waals surface area contributed by atoms with Gasteiger partial charge in [-0.1, -0.05) is 30.3 Å². The highest BCUT2D eigenvalue weighted by Crippen LogP contribution is 2.21. The molecule has 0 amide bonds. The van der Waals surface area contributed by atoms with Gasteiger partial charge >= 0.3 is 0 Å². The van der Waals surface area contributed by atoms with Gasteiger partial charge in [-0.05, 0) is 24.7 Å². The molecule has 0 atom stereocenters. The number of nitro benzene ring substituents is 1. The number of non-ortho nitro benzene ring substituents is 1. The summed E-state index contributed by atoms with van der Waals surface area (Å²) in [5, 5.41) is 10.7. The first-order valence-electron chi connectivity index (χ1n) is 7.72. The van der Waals surface area contributed by atoms with Crippen molar-refractivity contribution in [2.75, 3.05) is 30.7 Å². The molecule has 134 valence electrons. The molecule has 25 heavy (non-hydrogen) atoms. The molecule has 2 aromatic rings. The van der Waals surface area contributed by atoms with E-state index in [0.717, 1.165) is 11.8 Å². The van der Waals surface area contributed by atoms with Gasteiger partial charge < -0.3 is 4.90 Å². The summed E-state index contributed by atoms with van der Waals surface area (Å²) < 4.78 is 25.5. The summed E-state index contributed by atoms with van der Waals surface area (Å²) in [5.74, 6) is 0. The lowest BCUT2D eigenvalue weighted by Crippen LogP contribution is -2.36. The van der Waals surface area contributed by atoms with Crippen molar-refractivity contribution in [2.24, 2.45) is 0 Å². The second-order valence-electron chi connectivity index (χ2n) is 5.83. The SMILES string of the molecule is CN(CCN(c1ccc([N+](=O)[O-])cc1)S(C)(=O)=O)Cc1ccccc1. The predicted octanol–water partition coefficient (Wildman–Crippen LogP) is 2.49. The largest absolute Gasteiger partial charge is 0.300 e. The Morgan fingerprint density at radius 3 is 2.12 bits per heavy atom. The van der Waals surface area contributed by atoms with E-state index in [-0.39, 0.29) is 12.2 Å². The molecule has 0 N–H and O–H groups in total. The molecule has 0 bridgehead atoms. The van der Waals surface area contributed by atoms with Crippen LogP contribution >= 0.6 is 0 Å². The third-order valence-electron chi connectivity index (χ3n) is 3.73. The number of likely N-dealkylation sites (N-methyl/N-ethyl adjacent to an activating group) is 1. The lowest BCUT2D eigenvalue weighted by atomic mass is 10.2. The summed E-state index contributed by atoms with van der Waals surface area (Å²) >= 11 is 0. The molecule has 0 saturated heterocycles. The molecule has 2 rings (SSSR count). The van der Waals surface area contributed by atoms with Crippen molar-refractivity contribution in [3.8, 4) is 0 Å². The molecule has 0 unspecified atom stereocenters. The van der Waals surface area contributed by atoms with Crippen LogP contribution < -0.4 is 4.31 Å². The van der Waals surface area contributed by atoms with Crippen molar-refractivity contribution in [2.45, 2.75) is 6.54 Å². The van der Waals surface area contributed by atoms with Gasteiger partial charge in [0, 0.05) is 31.8 Å². The van der Waals surface area contributed by atoms with Crippen LogP contribution in [0.25, 0.3) is 0 Å². The molecule has 7 nitrogen and oxygen atoms in total. The standard InChI is InChI=1S/C17H21N3O4S/c1-18(14-15-6-4-3-5-7-15)12-13-19(25(2,23)24)16-8-10-17(11-9-16)20(21)22/h3-11H,12-14H2,1-2H3. The van der Waals surface area contributed by atoms with Gasteiger partial charge in [0.25, 0.3) is 5.69 Å². The molecule has 0 aliphatic heterocycles. The number of hydrogen-bond acceptors (Lipinski definition) is 5. The van der Waals surface area contributed by atoms with Gasteiger partial charge in [-0.25, -0.2) is 8.42 Å². The maximum absolute atomic E-state index is 12.1. The molecule has 0 aliphatic carbocycles. The number of rotatable bonds is 8. The van der Waals surface area contributed by atoms with Crippen LogP contribution in [0.15, 0.2) is 54.6 Å². The molecule has 2 aromatic carbocycles. The van der Waals surface area contributed by atoms with E-state index in [9.17, 15) is 18.5 Å². The fraction of sp³-hybridized carbons (Fsp3) is 0.294. The smallest absolute Gasteiger partial charge is 0.269 e. The Kier molecular flexibility index (Phi) is 6.11. The van der Waals surface area contributed by atoms with Crippen LogP contribution in [0.3, 0.4) is 0 Å². The molecule has 0 aromatic heterocycles. The number of nitro groups is 1. The topological polar surface area (TPSA) is 83.8 Å². The zero-order valence-corrected chi connectivity index (χ0v) is 15.0. The number of hydrogen-bond donors (Lipinski definition) is 0. The summed E-state index contributed by atoms with van der Waals surface area (Å²) in [6, 6.07) is 15.4. The Labute approximate surface area is 147 Å². The van der Waals surface area contributed by atoms with Gasteiger partial charge in [-0.2, -0.15) is 0 Å². The first-order valence-corrected chi connectivity index (χ1v) is 9.57. The van der Waals surface area contributed by atoms with E-state index in [2.05, 4.69) is 0 Å². The minimum atomic E-state index is -3.48. The Morgan fingerprint density at radius 2 is 1.60 bits per heavy atom. The van der Waals surface area contributed by atoms with Crippen LogP contribution in [0.2, 0.25) is 0 Å². The minimum absolute atomic E-state index is 0.0709. The Morgan fingerprint density at radius 1 is 1.00 bits per heavy atom. The lowest BCUT2D eigenvalue weighted by molar-refractivity contribution is -0.384. The highest BCUT2D eigenvalue weighted by molar-refractivity contribution is 7.92. The molecule has 0 aliphatic rings. The van der Waals surface area contributed by atoms with Crippen LogP contribution in [0.1, 0.15) is 5.56 Å². The zero-order chi connectivity index (χ0) is 18.4.